The molecule has 0 saturated carbocycles. The Hall–Kier alpha value is -3.17. The van der Waals surface area contributed by atoms with Gasteiger partial charge in [-0.15, -0.1) is 21.5 Å². The number of amides is 1. The van der Waals surface area contributed by atoms with Gasteiger partial charge < -0.3 is 14.6 Å². The Balaban J connectivity index is 1.34. The summed E-state index contributed by atoms with van der Waals surface area (Å²) in [6, 6.07) is 12.3. The quantitative estimate of drug-likeness (QED) is 0.293. The molecule has 0 saturated heterocycles. The first-order chi connectivity index (χ1) is 16.7. The van der Waals surface area contributed by atoms with Gasteiger partial charge in [-0.3, -0.25) is 4.79 Å². The topological polar surface area (TPSA) is 81.9 Å². The molecular formula is C26H29N5O2S2. The van der Waals surface area contributed by atoms with Gasteiger partial charge in [-0.2, -0.15) is 0 Å². The van der Waals surface area contributed by atoms with Crippen LogP contribution in [0.2, 0.25) is 0 Å². The molecule has 0 aliphatic rings. The molecular weight excluding hydrogens is 478 g/mol. The number of anilines is 1. The van der Waals surface area contributed by atoms with Gasteiger partial charge in [-0.1, -0.05) is 41.6 Å². The van der Waals surface area contributed by atoms with Gasteiger partial charge in [0.05, 0.1) is 11.4 Å². The van der Waals surface area contributed by atoms with Crippen LogP contribution in [0.4, 0.5) is 5.13 Å². The summed E-state index contributed by atoms with van der Waals surface area (Å²) < 4.78 is 7.99. The third kappa shape index (κ3) is 5.91. The van der Waals surface area contributed by atoms with Crippen molar-refractivity contribution in [3.63, 3.8) is 0 Å². The zero-order valence-corrected chi connectivity index (χ0v) is 22.4. The Labute approximate surface area is 214 Å². The zero-order chi connectivity index (χ0) is 25.1. The lowest BCUT2D eigenvalue weighted by atomic mass is 10.1. The lowest BCUT2D eigenvalue weighted by Gasteiger charge is -2.16. The van der Waals surface area contributed by atoms with Crippen LogP contribution in [-0.4, -0.2) is 31.4 Å². The third-order valence-corrected chi connectivity index (χ3v) is 7.53. The highest BCUT2D eigenvalue weighted by Crippen LogP contribution is 2.28. The largest absolute Gasteiger partial charge is 0.482 e. The van der Waals surface area contributed by atoms with Crippen molar-refractivity contribution < 1.29 is 9.53 Å². The number of nitrogens with one attached hydrogen (secondary N) is 1. The Morgan fingerprint density at radius 1 is 1.09 bits per heavy atom. The maximum Gasteiger partial charge on any atom is 0.236 e. The highest BCUT2D eigenvalue weighted by molar-refractivity contribution is 7.99. The maximum absolute atomic E-state index is 12.5. The standard InChI is InChI=1S/C26H29N5O2S2/c1-15-7-10-22(18(4)11-15)33-19(5)24-29-30-26(31(24)6)35-14-23(32)28-25-27-21(13-34-25)20-9-8-16(2)17(3)12-20/h7-13,19H,14H2,1-6H3,(H,27,28,32). The van der Waals surface area contributed by atoms with Crippen molar-refractivity contribution in [3.05, 3.63) is 69.9 Å². The summed E-state index contributed by atoms with van der Waals surface area (Å²) in [7, 11) is 1.88. The molecule has 35 heavy (non-hydrogen) atoms. The molecule has 2 aromatic carbocycles. The van der Waals surface area contributed by atoms with E-state index >= 15 is 0 Å². The van der Waals surface area contributed by atoms with E-state index in [9.17, 15) is 4.79 Å². The molecule has 1 amide bonds. The second-order valence-corrected chi connectivity index (χ2v) is 10.4. The number of carbonyl (C=O) groups excluding carboxylic acids is 1. The van der Waals surface area contributed by atoms with Gasteiger partial charge in [-0.05, 0) is 63.4 Å². The molecule has 0 radical (unpaired) electrons. The summed E-state index contributed by atoms with van der Waals surface area (Å²) in [5, 5.41) is 14.6. The average molecular weight is 508 g/mol. The maximum atomic E-state index is 12.5. The average Bonchev–Trinajstić information content (AvgIpc) is 3.42. The van der Waals surface area contributed by atoms with Crippen LogP contribution in [0.1, 0.15) is 41.1 Å². The molecule has 4 aromatic rings. The molecule has 1 atom stereocenters. The summed E-state index contributed by atoms with van der Waals surface area (Å²) in [5.41, 5.74) is 6.63. The molecule has 0 spiro atoms. The number of benzene rings is 2. The SMILES string of the molecule is Cc1ccc(OC(C)c2nnc(SCC(=O)Nc3nc(-c4ccc(C)c(C)c4)cs3)n2C)c(C)c1. The van der Waals surface area contributed by atoms with Crippen molar-refractivity contribution in [2.45, 2.75) is 45.9 Å². The number of thioether (sulfide) groups is 1. The minimum absolute atomic E-state index is 0.139. The van der Waals surface area contributed by atoms with Crippen LogP contribution in [0.25, 0.3) is 11.3 Å². The fourth-order valence-electron chi connectivity index (χ4n) is 3.63. The first-order valence-corrected chi connectivity index (χ1v) is 13.2. The van der Waals surface area contributed by atoms with E-state index in [2.05, 4.69) is 65.5 Å². The summed E-state index contributed by atoms with van der Waals surface area (Å²) in [4.78, 5) is 17.1. The summed E-state index contributed by atoms with van der Waals surface area (Å²) in [5.74, 6) is 1.59. The van der Waals surface area contributed by atoms with Crippen molar-refractivity contribution >= 4 is 34.1 Å². The molecule has 7 nitrogen and oxygen atoms in total. The Morgan fingerprint density at radius 2 is 1.89 bits per heavy atom. The van der Waals surface area contributed by atoms with E-state index in [1.165, 1.54) is 39.8 Å². The predicted octanol–water partition coefficient (Wildman–Crippen LogP) is 6.04. The third-order valence-electron chi connectivity index (χ3n) is 5.75. The number of ether oxygens (including phenoxy) is 1. The van der Waals surface area contributed by atoms with Gasteiger partial charge in [0.1, 0.15) is 5.75 Å². The second-order valence-electron chi connectivity index (χ2n) is 8.60. The zero-order valence-electron chi connectivity index (χ0n) is 20.7. The minimum Gasteiger partial charge on any atom is -0.482 e. The van der Waals surface area contributed by atoms with Gasteiger partial charge in [0.15, 0.2) is 22.2 Å². The van der Waals surface area contributed by atoms with E-state index in [0.717, 1.165) is 22.6 Å². The highest BCUT2D eigenvalue weighted by atomic mass is 32.2. The number of rotatable bonds is 8. The predicted molar refractivity (Wildman–Crippen MR) is 142 cm³/mol. The molecule has 2 aromatic heterocycles. The Kier molecular flexibility index (Phi) is 7.57. The van der Waals surface area contributed by atoms with Gasteiger partial charge in [0.25, 0.3) is 0 Å². The van der Waals surface area contributed by atoms with Gasteiger partial charge >= 0.3 is 0 Å². The second kappa shape index (κ2) is 10.6. The number of hydrogen-bond donors (Lipinski definition) is 1. The smallest absolute Gasteiger partial charge is 0.236 e. The molecule has 1 unspecified atom stereocenters. The molecule has 2 heterocycles. The summed E-state index contributed by atoms with van der Waals surface area (Å²) in [6.45, 7) is 10.2. The van der Waals surface area contributed by atoms with Gasteiger partial charge in [0.2, 0.25) is 5.91 Å². The molecule has 1 N–H and O–H groups in total. The lowest BCUT2D eigenvalue weighted by Crippen LogP contribution is -2.14. The van der Waals surface area contributed by atoms with Crippen LogP contribution in [0.3, 0.4) is 0 Å². The first kappa shape index (κ1) is 24.9. The fraction of sp³-hybridized carbons (Fsp3) is 0.308. The van der Waals surface area contributed by atoms with Crippen molar-refractivity contribution in [3.8, 4) is 17.0 Å². The monoisotopic (exact) mass is 507 g/mol. The van der Waals surface area contributed by atoms with E-state index in [1.54, 1.807) is 0 Å². The van der Waals surface area contributed by atoms with E-state index in [1.807, 2.05) is 43.0 Å². The number of carbonyl (C=O) groups is 1. The number of aryl methyl sites for hydroxylation is 4. The van der Waals surface area contributed by atoms with E-state index < -0.39 is 0 Å². The number of aromatic nitrogens is 4. The van der Waals surface area contributed by atoms with Crippen molar-refractivity contribution in [1.29, 1.82) is 0 Å². The van der Waals surface area contributed by atoms with Crippen LogP contribution in [0.5, 0.6) is 5.75 Å². The van der Waals surface area contributed by atoms with Crippen LogP contribution in [0.15, 0.2) is 46.9 Å². The Morgan fingerprint density at radius 3 is 2.63 bits per heavy atom. The molecule has 0 fully saturated rings. The number of thiazole rings is 1. The van der Waals surface area contributed by atoms with Crippen molar-refractivity contribution in [2.24, 2.45) is 7.05 Å². The number of nitrogens with zero attached hydrogens (tertiary/aromatic N) is 4. The summed E-state index contributed by atoms with van der Waals surface area (Å²) in [6.07, 6.45) is -0.281. The van der Waals surface area contributed by atoms with Crippen LogP contribution in [0, 0.1) is 27.7 Å². The van der Waals surface area contributed by atoms with Crippen LogP contribution in [-0.2, 0) is 11.8 Å². The molecule has 9 heteroatoms. The lowest BCUT2D eigenvalue weighted by molar-refractivity contribution is -0.113. The van der Waals surface area contributed by atoms with Gasteiger partial charge in [-0.25, -0.2) is 4.98 Å². The fourth-order valence-corrected chi connectivity index (χ4v) is 5.08. The first-order valence-electron chi connectivity index (χ1n) is 11.3. The minimum atomic E-state index is -0.281. The van der Waals surface area contributed by atoms with E-state index in [-0.39, 0.29) is 17.8 Å². The molecule has 0 aliphatic carbocycles. The van der Waals surface area contributed by atoms with Crippen molar-refractivity contribution in [2.75, 3.05) is 11.1 Å². The highest BCUT2D eigenvalue weighted by Gasteiger charge is 2.19. The molecule has 182 valence electrons. The Bertz CT molecular complexity index is 1360. The van der Waals surface area contributed by atoms with E-state index in [4.69, 9.17) is 4.74 Å². The van der Waals surface area contributed by atoms with Gasteiger partial charge in [0, 0.05) is 18.0 Å². The van der Waals surface area contributed by atoms with Crippen molar-refractivity contribution in [1.82, 2.24) is 19.7 Å². The number of hydrogen-bond acceptors (Lipinski definition) is 7. The van der Waals surface area contributed by atoms with Crippen LogP contribution < -0.4 is 10.1 Å². The molecule has 4 rings (SSSR count). The molecule has 0 aliphatic heterocycles. The molecule has 0 bridgehead atoms. The summed E-state index contributed by atoms with van der Waals surface area (Å²) >= 11 is 2.75. The van der Waals surface area contributed by atoms with Crippen LogP contribution >= 0.6 is 23.1 Å². The normalized spacial score (nSPS) is 11.9. The van der Waals surface area contributed by atoms with E-state index in [0.29, 0.717) is 16.1 Å².